The van der Waals surface area contributed by atoms with E-state index in [9.17, 15) is 20.0 Å². The van der Waals surface area contributed by atoms with Crippen molar-refractivity contribution in [2.24, 2.45) is 7.05 Å². The molecule has 10 nitrogen and oxygen atoms in total. The SMILES string of the molecule is CNCc1cc(Sc2nnnn2C)c(C(=O)O)cc1[N+](=O)[O-]. The van der Waals surface area contributed by atoms with Gasteiger partial charge in [-0.25, -0.2) is 9.48 Å². The Morgan fingerprint density at radius 3 is 2.77 bits per heavy atom. The molecule has 0 atom stereocenters. The third kappa shape index (κ3) is 3.20. The fourth-order valence-corrected chi connectivity index (χ4v) is 2.67. The Kier molecular flexibility index (Phi) is 4.68. The molecule has 0 saturated heterocycles. The van der Waals surface area contributed by atoms with Crippen LogP contribution in [0.15, 0.2) is 22.2 Å². The fraction of sp³-hybridized carbons (Fsp3) is 0.273. The van der Waals surface area contributed by atoms with Crippen molar-refractivity contribution in [2.45, 2.75) is 16.6 Å². The quantitative estimate of drug-likeness (QED) is 0.580. The molecule has 1 aromatic carbocycles. The molecule has 0 bridgehead atoms. The summed E-state index contributed by atoms with van der Waals surface area (Å²) in [6, 6.07) is 2.53. The number of aryl methyl sites for hydroxylation is 1. The van der Waals surface area contributed by atoms with Crippen LogP contribution in [-0.4, -0.2) is 43.3 Å². The van der Waals surface area contributed by atoms with Crippen molar-refractivity contribution in [2.75, 3.05) is 7.05 Å². The molecule has 1 heterocycles. The number of tetrazole rings is 1. The second kappa shape index (κ2) is 6.49. The highest BCUT2D eigenvalue weighted by molar-refractivity contribution is 7.99. The maximum Gasteiger partial charge on any atom is 0.337 e. The number of hydrogen-bond acceptors (Lipinski definition) is 8. The van der Waals surface area contributed by atoms with Crippen LogP contribution in [0.3, 0.4) is 0 Å². The topological polar surface area (TPSA) is 136 Å². The van der Waals surface area contributed by atoms with Gasteiger partial charge in [0.05, 0.1) is 10.5 Å². The van der Waals surface area contributed by atoms with E-state index < -0.39 is 10.9 Å². The lowest BCUT2D eigenvalue weighted by atomic mass is 10.1. The number of aromatic carboxylic acids is 1. The van der Waals surface area contributed by atoms with E-state index in [2.05, 4.69) is 20.8 Å². The molecule has 11 heteroatoms. The molecule has 0 aliphatic carbocycles. The van der Waals surface area contributed by atoms with Gasteiger partial charge in [0, 0.05) is 30.1 Å². The highest BCUT2D eigenvalue weighted by atomic mass is 32.2. The number of nitro groups is 1. The lowest BCUT2D eigenvalue weighted by Gasteiger charge is -2.09. The summed E-state index contributed by atoms with van der Waals surface area (Å²) in [6.45, 7) is 0.237. The largest absolute Gasteiger partial charge is 0.478 e. The second-order valence-electron chi connectivity index (χ2n) is 4.26. The van der Waals surface area contributed by atoms with Gasteiger partial charge < -0.3 is 10.4 Å². The Morgan fingerprint density at radius 1 is 1.55 bits per heavy atom. The minimum Gasteiger partial charge on any atom is -0.478 e. The van der Waals surface area contributed by atoms with E-state index in [0.717, 1.165) is 17.8 Å². The minimum atomic E-state index is -1.25. The zero-order valence-corrected chi connectivity index (χ0v) is 12.5. The predicted molar refractivity (Wildman–Crippen MR) is 75.7 cm³/mol. The number of nitro benzene ring substituents is 1. The third-order valence-electron chi connectivity index (χ3n) is 2.76. The number of nitrogens with one attached hydrogen (secondary N) is 1. The lowest BCUT2D eigenvalue weighted by Crippen LogP contribution is -2.10. The molecule has 116 valence electrons. The maximum atomic E-state index is 11.4. The van der Waals surface area contributed by atoms with Crippen LogP contribution in [0, 0.1) is 10.1 Å². The smallest absolute Gasteiger partial charge is 0.337 e. The zero-order valence-electron chi connectivity index (χ0n) is 11.7. The molecule has 0 radical (unpaired) electrons. The van der Waals surface area contributed by atoms with Crippen molar-refractivity contribution in [3.05, 3.63) is 33.4 Å². The lowest BCUT2D eigenvalue weighted by molar-refractivity contribution is -0.385. The molecule has 2 rings (SSSR count). The van der Waals surface area contributed by atoms with Gasteiger partial charge >= 0.3 is 5.97 Å². The summed E-state index contributed by atoms with van der Waals surface area (Å²) in [5.41, 5.74) is -0.0260. The van der Waals surface area contributed by atoms with E-state index in [1.54, 1.807) is 14.1 Å². The van der Waals surface area contributed by atoms with Gasteiger partial charge in [-0.3, -0.25) is 10.1 Å². The average molecular weight is 324 g/mol. The summed E-state index contributed by atoms with van der Waals surface area (Å²) in [5, 5.41) is 34.5. The molecular formula is C11H12N6O4S. The van der Waals surface area contributed by atoms with Crippen molar-refractivity contribution in [1.82, 2.24) is 25.5 Å². The monoisotopic (exact) mass is 324 g/mol. The Bertz CT molecular complexity index is 731. The summed E-state index contributed by atoms with van der Waals surface area (Å²) in [7, 11) is 3.26. The summed E-state index contributed by atoms with van der Waals surface area (Å²) in [5.74, 6) is -1.25. The first-order valence-electron chi connectivity index (χ1n) is 6.03. The van der Waals surface area contributed by atoms with Gasteiger partial charge in [0.15, 0.2) is 0 Å². The average Bonchev–Trinajstić information content (AvgIpc) is 2.84. The molecule has 0 amide bonds. The van der Waals surface area contributed by atoms with Crippen LogP contribution in [0.2, 0.25) is 0 Å². The zero-order chi connectivity index (χ0) is 16.3. The number of carbonyl (C=O) groups is 1. The van der Waals surface area contributed by atoms with Crippen LogP contribution in [0.4, 0.5) is 5.69 Å². The molecule has 22 heavy (non-hydrogen) atoms. The van der Waals surface area contributed by atoms with Crippen molar-refractivity contribution in [1.29, 1.82) is 0 Å². The van der Waals surface area contributed by atoms with Crippen molar-refractivity contribution >= 4 is 23.4 Å². The van der Waals surface area contributed by atoms with Gasteiger partial charge in [-0.2, -0.15) is 0 Å². The molecule has 0 saturated carbocycles. The number of carboxylic acid groups (broad SMARTS) is 1. The van der Waals surface area contributed by atoms with E-state index in [1.807, 2.05) is 0 Å². The Balaban J connectivity index is 2.55. The van der Waals surface area contributed by atoms with Crippen LogP contribution in [0.5, 0.6) is 0 Å². The van der Waals surface area contributed by atoms with Gasteiger partial charge in [-0.05, 0) is 35.3 Å². The molecule has 2 N–H and O–H groups in total. The molecule has 0 aliphatic rings. The molecule has 0 unspecified atom stereocenters. The number of aromatic nitrogens is 4. The van der Waals surface area contributed by atoms with E-state index >= 15 is 0 Å². The predicted octanol–water partition coefficient (Wildman–Crippen LogP) is 0.687. The minimum absolute atomic E-state index is 0.167. The summed E-state index contributed by atoms with van der Waals surface area (Å²) in [4.78, 5) is 22.2. The molecule has 0 aliphatic heterocycles. The number of hydrogen-bond donors (Lipinski definition) is 2. The number of carboxylic acids is 1. The van der Waals surface area contributed by atoms with Gasteiger partial charge in [0.1, 0.15) is 0 Å². The molecular weight excluding hydrogens is 312 g/mol. The first-order valence-corrected chi connectivity index (χ1v) is 6.85. The third-order valence-corrected chi connectivity index (χ3v) is 3.84. The Labute approximate surface area is 128 Å². The van der Waals surface area contributed by atoms with Gasteiger partial charge in [0.2, 0.25) is 5.16 Å². The summed E-state index contributed by atoms with van der Waals surface area (Å²) >= 11 is 1.03. The van der Waals surface area contributed by atoms with E-state index in [4.69, 9.17) is 0 Å². The normalized spacial score (nSPS) is 10.6. The molecule has 1 aromatic heterocycles. The summed E-state index contributed by atoms with van der Waals surface area (Å²) in [6.07, 6.45) is 0. The number of rotatable bonds is 6. The maximum absolute atomic E-state index is 11.4. The fourth-order valence-electron chi connectivity index (χ4n) is 1.77. The van der Waals surface area contributed by atoms with Crippen molar-refractivity contribution < 1.29 is 14.8 Å². The van der Waals surface area contributed by atoms with Crippen LogP contribution in [0.25, 0.3) is 0 Å². The number of nitrogens with zero attached hydrogens (tertiary/aromatic N) is 5. The number of benzene rings is 1. The standard InChI is InChI=1S/C11H12N6O4S/c1-12-5-6-3-9(22-11-13-14-15-16(11)2)7(10(18)19)4-8(6)17(20)21/h3-4,12H,5H2,1-2H3,(H,18,19). The van der Waals surface area contributed by atoms with E-state index in [1.165, 1.54) is 10.7 Å². The summed E-state index contributed by atoms with van der Waals surface area (Å²) < 4.78 is 1.38. The van der Waals surface area contributed by atoms with Gasteiger partial charge in [0.25, 0.3) is 5.69 Å². The first kappa shape index (κ1) is 15.9. The van der Waals surface area contributed by atoms with Crippen molar-refractivity contribution in [3.63, 3.8) is 0 Å². The van der Waals surface area contributed by atoms with Crippen LogP contribution in [0.1, 0.15) is 15.9 Å². The van der Waals surface area contributed by atoms with E-state index in [0.29, 0.717) is 15.6 Å². The van der Waals surface area contributed by atoms with Gasteiger partial charge in [-0.15, -0.1) is 5.10 Å². The van der Waals surface area contributed by atoms with Crippen LogP contribution in [-0.2, 0) is 13.6 Å². The first-order chi connectivity index (χ1) is 10.4. The van der Waals surface area contributed by atoms with Crippen LogP contribution >= 0.6 is 11.8 Å². The molecule has 0 fully saturated rings. The Morgan fingerprint density at radius 2 is 2.27 bits per heavy atom. The van der Waals surface area contributed by atoms with E-state index in [-0.39, 0.29) is 17.8 Å². The highest BCUT2D eigenvalue weighted by Crippen LogP contribution is 2.33. The highest BCUT2D eigenvalue weighted by Gasteiger charge is 2.22. The second-order valence-corrected chi connectivity index (χ2v) is 5.27. The Hall–Kier alpha value is -2.53. The molecule has 0 spiro atoms. The van der Waals surface area contributed by atoms with Crippen LogP contribution < -0.4 is 5.32 Å². The van der Waals surface area contributed by atoms with Crippen molar-refractivity contribution in [3.8, 4) is 0 Å². The molecule has 2 aromatic rings. The van der Waals surface area contributed by atoms with Gasteiger partial charge in [-0.1, -0.05) is 0 Å².